The van der Waals surface area contributed by atoms with E-state index in [0.717, 1.165) is 14.5 Å². The van der Waals surface area contributed by atoms with Crippen molar-refractivity contribution in [3.8, 4) is 5.75 Å². The SMILES string of the molecule is CC(C)Oc1ccccc1C=NOCC(=O)Nc1ccc(Br)cc1Br. The number of hydrogen-bond acceptors (Lipinski definition) is 4. The smallest absolute Gasteiger partial charge is 0.265 e. The molecule has 0 aliphatic carbocycles. The van der Waals surface area contributed by atoms with E-state index in [9.17, 15) is 4.79 Å². The highest BCUT2D eigenvalue weighted by Gasteiger charge is 2.07. The molecule has 7 heteroatoms. The maximum absolute atomic E-state index is 11.9. The lowest BCUT2D eigenvalue weighted by Crippen LogP contribution is -2.17. The molecule has 25 heavy (non-hydrogen) atoms. The van der Waals surface area contributed by atoms with Crippen molar-refractivity contribution >= 4 is 49.7 Å². The summed E-state index contributed by atoms with van der Waals surface area (Å²) >= 11 is 6.75. The number of hydrogen-bond donors (Lipinski definition) is 1. The number of rotatable bonds is 7. The van der Waals surface area contributed by atoms with Crippen LogP contribution < -0.4 is 10.1 Å². The van der Waals surface area contributed by atoms with Crippen molar-refractivity contribution < 1.29 is 14.4 Å². The lowest BCUT2D eigenvalue weighted by atomic mass is 10.2. The first-order valence-corrected chi connectivity index (χ1v) is 9.20. The van der Waals surface area contributed by atoms with Gasteiger partial charge in [-0.2, -0.15) is 0 Å². The first-order chi connectivity index (χ1) is 12.0. The number of amides is 1. The molecule has 0 heterocycles. The number of para-hydroxylation sites is 1. The monoisotopic (exact) mass is 468 g/mol. The van der Waals surface area contributed by atoms with Gasteiger partial charge in [0.05, 0.1) is 18.0 Å². The number of oxime groups is 1. The number of halogens is 2. The molecule has 1 N–H and O–H groups in total. The number of nitrogens with one attached hydrogen (secondary N) is 1. The highest BCUT2D eigenvalue weighted by Crippen LogP contribution is 2.26. The van der Waals surface area contributed by atoms with Gasteiger partial charge in [-0.25, -0.2) is 0 Å². The van der Waals surface area contributed by atoms with Crippen LogP contribution in [0.4, 0.5) is 5.69 Å². The Kier molecular flexibility index (Phi) is 7.46. The summed E-state index contributed by atoms with van der Waals surface area (Å²) in [5.41, 5.74) is 1.45. The molecule has 1 amide bonds. The van der Waals surface area contributed by atoms with Gasteiger partial charge < -0.3 is 14.9 Å². The maximum atomic E-state index is 11.9. The number of benzene rings is 2. The van der Waals surface area contributed by atoms with Gasteiger partial charge in [-0.15, -0.1) is 0 Å². The topological polar surface area (TPSA) is 59.9 Å². The van der Waals surface area contributed by atoms with Gasteiger partial charge in [-0.1, -0.05) is 33.2 Å². The van der Waals surface area contributed by atoms with Crippen LogP contribution in [0.25, 0.3) is 0 Å². The van der Waals surface area contributed by atoms with Gasteiger partial charge in [0, 0.05) is 14.5 Å². The fourth-order valence-electron chi connectivity index (χ4n) is 1.92. The van der Waals surface area contributed by atoms with Crippen molar-refractivity contribution in [2.75, 3.05) is 11.9 Å². The summed E-state index contributed by atoms with van der Waals surface area (Å²) in [5, 5.41) is 6.59. The molecular formula is C18H18Br2N2O3. The quantitative estimate of drug-likeness (QED) is 0.459. The van der Waals surface area contributed by atoms with Crippen LogP contribution in [0.3, 0.4) is 0 Å². The predicted octanol–water partition coefficient (Wildman–Crippen LogP) is 4.99. The normalized spacial score (nSPS) is 10.9. The standard InChI is InChI=1S/C18H18Br2N2O3/c1-12(2)25-17-6-4-3-5-13(17)10-21-24-11-18(23)22-16-8-7-14(19)9-15(16)20/h3-10,12H,11H2,1-2H3,(H,22,23). The summed E-state index contributed by atoms with van der Waals surface area (Å²) in [5.74, 6) is 0.417. The fraction of sp³-hybridized carbons (Fsp3) is 0.222. The van der Waals surface area contributed by atoms with Crippen LogP contribution in [0.15, 0.2) is 56.6 Å². The van der Waals surface area contributed by atoms with Crippen LogP contribution in [0.5, 0.6) is 5.75 Å². The summed E-state index contributed by atoms with van der Waals surface area (Å²) < 4.78 is 7.38. The van der Waals surface area contributed by atoms with Crippen LogP contribution in [0.1, 0.15) is 19.4 Å². The Labute approximate surface area is 163 Å². The molecule has 0 spiro atoms. The van der Waals surface area contributed by atoms with Gasteiger partial charge in [0.2, 0.25) is 0 Å². The molecule has 0 saturated carbocycles. The Morgan fingerprint density at radius 3 is 2.72 bits per heavy atom. The van der Waals surface area contributed by atoms with E-state index in [0.29, 0.717) is 11.4 Å². The van der Waals surface area contributed by atoms with Crippen LogP contribution in [-0.4, -0.2) is 24.8 Å². The van der Waals surface area contributed by atoms with E-state index in [1.807, 2.05) is 50.2 Å². The first-order valence-electron chi connectivity index (χ1n) is 7.61. The molecule has 2 aromatic rings. The maximum Gasteiger partial charge on any atom is 0.265 e. The molecule has 2 rings (SSSR count). The van der Waals surface area contributed by atoms with Gasteiger partial charge in [0.25, 0.3) is 5.91 Å². The van der Waals surface area contributed by atoms with Crippen molar-refractivity contribution in [3.05, 3.63) is 57.0 Å². The molecule has 0 radical (unpaired) electrons. The second kappa shape index (κ2) is 9.58. The lowest BCUT2D eigenvalue weighted by Gasteiger charge is -2.11. The average Bonchev–Trinajstić information content (AvgIpc) is 2.55. The predicted molar refractivity (Wildman–Crippen MR) is 106 cm³/mol. The molecular weight excluding hydrogens is 452 g/mol. The van der Waals surface area contributed by atoms with E-state index in [1.54, 1.807) is 6.07 Å². The van der Waals surface area contributed by atoms with E-state index in [1.165, 1.54) is 6.21 Å². The first kappa shape index (κ1) is 19.5. The van der Waals surface area contributed by atoms with Crippen LogP contribution in [0.2, 0.25) is 0 Å². The molecule has 0 aliphatic heterocycles. The van der Waals surface area contributed by atoms with Crippen molar-refractivity contribution in [2.24, 2.45) is 5.16 Å². The zero-order valence-corrected chi connectivity index (χ0v) is 17.0. The second-order valence-corrected chi connectivity index (χ2v) is 7.15. The minimum atomic E-state index is -0.299. The molecule has 0 saturated heterocycles. The Hall–Kier alpha value is -1.86. The Balaban J connectivity index is 1.88. The molecule has 0 unspecified atom stereocenters. The van der Waals surface area contributed by atoms with Crippen molar-refractivity contribution in [3.63, 3.8) is 0 Å². The van der Waals surface area contributed by atoms with Crippen LogP contribution in [-0.2, 0) is 9.63 Å². The van der Waals surface area contributed by atoms with Gasteiger partial charge in [-0.3, -0.25) is 4.79 Å². The lowest BCUT2D eigenvalue weighted by molar-refractivity contribution is -0.120. The van der Waals surface area contributed by atoms with E-state index in [4.69, 9.17) is 9.57 Å². The molecule has 0 fully saturated rings. The third kappa shape index (κ3) is 6.51. The number of anilines is 1. The zero-order chi connectivity index (χ0) is 18.2. The minimum absolute atomic E-state index is 0.0607. The summed E-state index contributed by atoms with van der Waals surface area (Å²) in [6.45, 7) is 3.72. The number of carbonyl (C=O) groups is 1. The van der Waals surface area contributed by atoms with E-state index in [-0.39, 0.29) is 18.6 Å². The molecule has 0 aliphatic rings. The highest BCUT2D eigenvalue weighted by atomic mass is 79.9. The largest absolute Gasteiger partial charge is 0.490 e. The summed E-state index contributed by atoms with van der Waals surface area (Å²) in [7, 11) is 0. The van der Waals surface area contributed by atoms with Gasteiger partial charge in [0.15, 0.2) is 6.61 Å². The molecule has 5 nitrogen and oxygen atoms in total. The highest BCUT2D eigenvalue weighted by molar-refractivity contribution is 9.11. The molecule has 0 bridgehead atoms. The summed E-state index contributed by atoms with van der Waals surface area (Å²) in [6.07, 6.45) is 1.59. The molecule has 0 atom stereocenters. The van der Waals surface area contributed by atoms with Gasteiger partial charge in [-0.05, 0) is 60.1 Å². The Morgan fingerprint density at radius 1 is 1.24 bits per heavy atom. The molecule has 132 valence electrons. The van der Waals surface area contributed by atoms with Crippen molar-refractivity contribution in [2.45, 2.75) is 20.0 Å². The van der Waals surface area contributed by atoms with Crippen LogP contribution in [0, 0.1) is 0 Å². The minimum Gasteiger partial charge on any atom is -0.490 e. The number of nitrogens with zero attached hydrogens (tertiary/aromatic N) is 1. The van der Waals surface area contributed by atoms with Crippen LogP contribution >= 0.6 is 31.9 Å². The Morgan fingerprint density at radius 2 is 2.00 bits per heavy atom. The van der Waals surface area contributed by atoms with Gasteiger partial charge in [0.1, 0.15) is 5.75 Å². The third-order valence-electron chi connectivity index (χ3n) is 2.95. The summed E-state index contributed by atoms with van der Waals surface area (Å²) in [6, 6.07) is 13.0. The zero-order valence-electron chi connectivity index (χ0n) is 13.8. The Bertz CT molecular complexity index is 764. The van der Waals surface area contributed by atoms with E-state index < -0.39 is 0 Å². The molecule has 0 aromatic heterocycles. The average molecular weight is 470 g/mol. The second-order valence-electron chi connectivity index (χ2n) is 5.38. The molecule has 2 aromatic carbocycles. The van der Waals surface area contributed by atoms with E-state index >= 15 is 0 Å². The number of ether oxygens (including phenoxy) is 1. The van der Waals surface area contributed by atoms with Gasteiger partial charge >= 0.3 is 0 Å². The summed E-state index contributed by atoms with van der Waals surface area (Å²) in [4.78, 5) is 17.0. The van der Waals surface area contributed by atoms with Crippen molar-refractivity contribution in [1.29, 1.82) is 0 Å². The third-order valence-corrected chi connectivity index (χ3v) is 4.10. The van der Waals surface area contributed by atoms with E-state index in [2.05, 4.69) is 42.3 Å². The van der Waals surface area contributed by atoms with Crippen molar-refractivity contribution in [1.82, 2.24) is 0 Å². The fourth-order valence-corrected chi connectivity index (χ4v) is 3.06. The number of carbonyl (C=O) groups excluding carboxylic acids is 1.